The number of alkyl halides is 1. The SMILES string of the molecule is CC1(C)CCCCC1C(=O)NC/C=C/CCl. The van der Waals surface area contributed by atoms with Crippen molar-refractivity contribution in [3.63, 3.8) is 0 Å². The van der Waals surface area contributed by atoms with Crippen LogP contribution in [0.1, 0.15) is 39.5 Å². The van der Waals surface area contributed by atoms with Crippen LogP contribution >= 0.6 is 11.6 Å². The number of carbonyl (C=O) groups is 1. The van der Waals surface area contributed by atoms with E-state index in [1.165, 1.54) is 12.8 Å². The summed E-state index contributed by atoms with van der Waals surface area (Å²) in [7, 11) is 0. The molecule has 0 aromatic rings. The van der Waals surface area contributed by atoms with Crippen LogP contribution in [-0.2, 0) is 4.79 Å². The Labute approximate surface area is 103 Å². The molecule has 1 N–H and O–H groups in total. The molecule has 16 heavy (non-hydrogen) atoms. The number of hydrogen-bond acceptors (Lipinski definition) is 1. The summed E-state index contributed by atoms with van der Waals surface area (Å²) in [5.41, 5.74) is 0.151. The molecule has 0 aromatic heterocycles. The van der Waals surface area contributed by atoms with Gasteiger partial charge in [0.2, 0.25) is 5.91 Å². The number of amides is 1. The van der Waals surface area contributed by atoms with E-state index in [0.717, 1.165) is 12.8 Å². The van der Waals surface area contributed by atoms with Gasteiger partial charge in [-0.05, 0) is 18.3 Å². The molecule has 0 bridgehead atoms. The van der Waals surface area contributed by atoms with Gasteiger partial charge < -0.3 is 5.32 Å². The second kappa shape index (κ2) is 6.29. The zero-order valence-electron chi connectivity index (χ0n) is 10.3. The lowest BCUT2D eigenvalue weighted by atomic mass is 9.68. The minimum Gasteiger partial charge on any atom is -0.352 e. The van der Waals surface area contributed by atoms with E-state index in [1.54, 1.807) is 0 Å². The van der Waals surface area contributed by atoms with E-state index in [2.05, 4.69) is 19.2 Å². The number of allylic oxidation sites excluding steroid dienone is 1. The molecule has 0 heterocycles. The van der Waals surface area contributed by atoms with Gasteiger partial charge in [-0.2, -0.15) is 0 Å². The molecule has 0 aromatic carbocycles. The maximum absolute atomic E-state index is 12.0. The number of hydrogen-bond donors (Lipinski definition) is 1. The summed E-state index contributed by atoms with van der Waals surface area (Å²) in [6, 6.07) is 0. The van der Waals surface area contributed by atoms with Crippen molar-refractivity contribution in [1.82, 2.24) is 5.32 Å². The molecule has 0 radical (unpaired) electrons. The number of rotatable bonds is 4. The molecule has 1 amide bonds. The molecule has 2 nitrogen and oxygen atoms in total. The molecule has 92 valence electrons. The molecule has 1 aliphatic rings. The third kappa shape index (κ3) is 3.82. The molecular formula is C13H22ClNO. The summed E-state index contributed by atoms with van der Waals surface area (Å²) in [4.78, 5) is 12.0. The standard InChI is InChI=1S/C13H22ClNO/c1-13(2)8-4-3-7-11(13)12(16)15-10-6-5-9-14/h5-6,11H,3-4,7-10H2,1-2H3,(H,15,16)/b6-5+. The van der Waals surface area contributed by atoms with Crippen LogP contribution in [0.15, 0.2) is 12.2 Å². The topological polar surface area (TPSA) is 29.1 Å². The van der Waals surface area contributed by atoms with Gasteiger partial charge in [0, 0.05) is 18.3 Å². The first kappa shape index (κ1) is 13.6. The van der Waals surface area contributed by atoms with Gasteiger partial charge in [0.25, 0.3) is 0 Å². The molecule has 0 spiro atoms. The summed E-state index contributed by atoms with van der Waals surface area (Å²) in [6.07, 6.45) is 8.37. The van der Waals surface area contributed by atoms with Crippen molar-refractivity contribution < 1.29 is 4.79 Å². The predicted molar refractivity (Wildman–Crippen MR) is 68.6 cm³/mol. The van der Waals surface area contributed by atoms with E-state index < -0.39 is 0 Å². The molecule has 3 heteroatoms. The minimum absolute atomic E-state index is 0.151. The van der Waals surface area contributed by atoms with Crippen molar-refractivity contribution in [2.24, 2.45) is 11.3 Å². The largest absolute Gasteiger partial charge is 0.352 e. The third-order valence-corrected chi connectivity index (χ3v) is 3.65. The number of nitrogens with one attached hydrogen (secondary N) is 1. The van der Waals surface area contributed by atoms with Crippen LogP contribution < -0.4 is 5.32 Å². The van der Waals surface area contributed by atoms with E-state index in [1.807, 2.05) is 12.2 Å². The number of carbonyl (C=O) groups excluding carboxylic acids is 1. The average molecular weight is 244 g/mol. The molecule has 0 saturated heterocycles. The predicted octanol–water partition coefficient (Wildman–Crippen LogP) is 3.11. The zero-order chi connectivity index (χ0) is 12.0. The summed E-state index contributed by atoms with van der Waals surface area (Å²) in [6.45, 7) is 4.99. The molecule has 1 saturated carbocycles. The van der Waals surface area contributed by atoms with Gasteiger partial charge >= 0.3 is 0 Å². The molecule has 1 rings (SSSR count). The quantitative estimate of drug-likeness (QED) is 0.597. The Bertz CT molecular complexity index is 261. The molecule has 0 aliphatic heterocycles. The van der Waals surface area contributed by atoms with E-state index in [9.17, 15) is 4.79 Å². The fourth-order valence-electron chi connectivity index (χ4n) is 2.41. The Hall–Kier alpha value is -0.500. The second-order valence-electron chi connectivity index (χ2n) is 5.16. The van der Waals surface area contributed by atoms with Gasteiger partial charge in [-0.15, -0.1) is 11.6 Å². The minimum atomic E-state index is 0.151. The molecule has 1 unspecified atom stereocenters. The van der Waals surface area contributed by atoms with Crippen molar-refractivity contribution in [2.45, 2.75) is 39.5 Å². The van der Waals surface area contributed by atoms with Gasteiger partial charge in [0.1, 0.15) is 0 Å². The fraction of sp³-hybridized carbons (Fsp3) is 0.769. The maximum atomic E-state index is 12.0. The number of halogens is 1. The molecule has 1 fully saturated rings. The highest BCUT2D eigenvalue weighted by Crippen LogP contribution is 2.40. The Balaban J connectivity index is 2.42. The van der Waals surface area contributed by atoms with Gasteiger partial charge in [-0.3, -0.25) is 4.79 Å². The third-order valence-electron chi connectivity index (χ3n) is 3.47. The molecular weight excluding hydrogens is 222 g/mol. The smallest absolute Gasteiger partial charge is 0.223 e. The van der Waals surface area contributed by atoms with Crippen LogP contribution in [0.2, 0.25) is 0 Å². The highest BCUT2D eigenvalue weighted by molar-refractivity contribution is 6.18. The van der Waals surface area contributed by atoms with Crippen LogP contribution in [0.3, 0.4) is 0 Å². The average Bonchev–Trinajstić information content (AvgIpc) is 2.23. The lowest BCUT2D eigenvalue weighted by Gasteiger charge is -2.37. The van der Waals surface area contributed by atoms with Crippen LogP contribution in [0.5, 0.6) is 0 Å². The van der Waals surface area contributed by atoms with E-state index in [0.29, 0.717) is 12.4 Å². The molecule has 1 atom stereocenters. The van der Waals surface area contributed by atoms with Crippen LogP contribution in [0.25, 0.3) is 0 Å². The van der Waals surface area contributed by atoms with Crippen LogP contribution in [0, 0.1) is 11.3 Å². The monoisotopic (exact) mass is 243 g/mol. The van der Waals surface area contributed by atoms with E-state index in [4.69, 9.17) is 11.6 Å². The first-order valence-electron chi connectivity index (χ1n) is 6.06. The summed E-state index contributed by atoms with van der Waals surface area (Å²) in [5.74, 6) is 0.875. The fourth-order valence-corrected chi connectivity index (χ4v) is 2.54. The summed E-state index contributed by atoms with van der Waals surface area (Å²) in [5, 5.41) is 2.96. The summed E-state index contributed by atoms with van der Waals surface area (Å²) >= 11 is 5.51. The Morgan fingerprint density at radius 1 is 1.44 bits per heavy atom. The normalized spacial score (nSPS) is 24.6. The highest BCUT2D eigenvalue weighted by Gasteiger charge is 2.36. The first-order chi connectivity index (χ1) is 7.58. The van der Waals surface area contributed by atoms with Crippen LogP contribution in [0.4, 0.5) is 0 Å². The molecule has 1 aliphatic carbocycles. The lowest BCUT2D eigenvalue weighted by molar-refractivity contribution is -0.129. The van der Waals surface area contributed by atoms with Gasteiger partial charge in [-0.1, -0.05) is 38.8 Å². The van der Waals surface area contributed by atoms with E-state index >= 15 is 0 Å². The zero-order valence-corrected chi connectivity index (χ0v) is 11.0. The highest BCUT2D eigenvalue weighted by atomic mass is 35.5. The first-order valence-corrected chi connectivity index (χ1v) is 6.60. The Morgan fingerprint density at radius 3 is 2.81 bits per heavy atom. The van der Waals surface area contributed by atoms with Crippen molar-refractivity contribution in [1.29, 1.82) is 0 Å². The van der Waals surface area contributed by atoms with Crippen LogP contribution in [-0.4, -0.2) is 18.3 Å². The van der Waals surface area contributed by atoms with E-state index in [-0.39, 0.29) is 17.2 Å². The Morgan fingerprint density at radius 2 is 2.19 bits per heavy atom. The lowest BCUT2D eigenvalue weighted by Crippen LogP contribution is -2.41. The van der Waals surface area contributed by atoms with Gasteiger partial charge in [0.15, 0.2) is 0 Å². The van der Waals surface area contributed by atoms with Gasteiger partial charge in [-0.25, -0.2) is 0 Å². The second-order valence-corrected chi connectivity index (χ2v) is 5.47. The Kier molecular flexibility index (Phi) is 5.33. The van der Waals surface area contributed by atoms with Crippen molar-refractivity contribution in [3.05, 3.63) is 12.2 Å². The summed E-state index contributed by atoms with van der Waals surface area (Å²) < 4.78 is 0. The van der Waals surface area contributed by atoms with Crippen molar-refractivity contribution in [2.75, 3.05) is 12.4 Å². The van der Waals surface area contributed by atoms with Gasteiger partial charge in [0.05, 0.1) is 0 Å². The van der Waals surface area contributed by atoms with Crippen molar-refractivity contribution >= 4 is 17.5 Å². The maximum Gasteiger partial charge on any atom is 0.223 e. The van der Waals surface area contributed by atoms with Crippen molar-refractivity contribution in [3.8, 4) is 0 Å².